The highest BCUT2D eigenvalue weighted by Crippen LogP contribution is 2.38. The van der Waals surface area contributed by atoms with Gasteiger partial charge in [0, 0.05) is 32.7 Å². The highest BCUT2D eigenvalue weighted by atomic mass is 16.5. The lowest BCUT2D eigenvalue weighted by atomic mass is 10.1. The van der Waals surface area contributed by atoms with Crippen LogP contribution in [0.2, 0.25) is 0 Å². The van der Waals surface area contributed by atoms with Gasteiger partial charge >= 0.3 is 0 Å². The molecule has 8 heteroatoms. The van der Waals surface area contributed by atoms with Crippen LogP contribution in [0.15, 0.2) is 41.4 Å². The van der Waals surface area contributed by atoms with Gasteiger partial charge in [-0.05, 0) is 42.3 Å². The number of rotatable bonds is 9. The standard InChI is InChI=1S/C23H32N4O4/c1-7-24-23(25-14-16-8-10-18(11-9-16)22(28)27(2)3)26-15-17-12-19(29-4)21(31-6)20(13-17)30-5/h8-13H,7,14-15H2,1-6H3,(H2,24,25,26). The van der Waals surface area contributed by atoms with E-state index in [0.717, 1.165) is 17.7 Å². The van der Waals surface area contributed by atoms with Gasteiger partial charge in [-0.3, -0.25) is 4.79 Å². The summed E-state index contributed by atoms with van der Waals surface area (Å²) in [7, 11) is 8.24. The average molecular weight is 429 g/mol. The maximum Gasteiger partial charge on any atom is 0.253 e. The van der Waals surface area contributed by atoms with Gasteiger partial charge in [0.15, 0.2) is 17.5 Å². The highest BCUT2D eigenvalue weighted by Gasteiger charge is 2.13. The van der Waals surface area contributed by atoms with Crippen LogP contribution in [0.3, 0.4) is 0 Å². The predicted molar refractivity (Wildman–Crippen MR) is 122 cm³/mol. The molecule has 2 aromatic rings. The lowest BCUT2D eigenvalue weighted by Gasteiger charge is -2.15. The molecule has 0 bridgehead atoms. The molecule has 31 heavy (non-hydrogen) atoms. The van der Waals surface area contributed by atoms with E-state index in [4.69, 9.17) is 14.2 Å². The van der Waals surface area contributed by atoms with Crippen LogP contribution in [0.1, 0.15) is 28.4 Å². The average Bonchev–Trinajstić information content (AvgIpc) is 2.79. The first-order valence-corrected chi connectivity index (χ1v) is 10.0. The predicted octanol–water partition coefficient (Wildman–Crippen LogP) is 2.67. The summed E-state index contributed by atoms with van der Waals surface area (Å²) in [6, 6.07) is 11.3. The molecule has 8 nitrogen and oxygen atoms in total. The minimum atomic E-state index is -0.0141. The third-order valence-electron chi connectivity index (χ3n) is 4.56. The van der Waals surface area contributed by atoms with Gasteiger partial charge in [0.25, 0.3) is 5.91 Å². The topological polar surface area (TPSA) is 84.4 Å². The summed E-state index contributed by atoms with van der Waals surface area (Å²) >= 11 is 0. The molecule has 0 saturated heterocycles. The normalized spacial score (nSPS) is 11.0. The smallest absolute Gasteiger partial charge is 0.253 e. The second-order valence-electron chi connectivity index (χ2n) is 6.98. The van der Waals surface area contributed by atoms with Crippen molar-refractivity contribution in [3.05, 3.63) is 53.1 Å². The summed E-state index contributed by atoms with van der Waals surface area (Å²) < 4.78 is 16.2. The third-order valence-corrected chi connectivity index (χ3v) is 4.56. The van der Waals surface area contributed by atoms with Gasteiger partial charge in [0.2, 0.25) is 5.75 Å². The van der Waals surface area contributed by atoms with Crippen molar-refractivity contribution in [2.24, 2.45) is 4.99 Å². The van der Waals surface area contributed by atoms with E-state index in [9.17, 15) is 4.79 Å². The van der Waals surface area contributed by atoms with Gasteiger partial charge in [0.05, 0.1) is 27.9 Å². The number of methoxy groups -OCH3 is 3. The summed E-state index contributed by atoms with van der Waals surface area (Å²) in [5.41, 5.74) is 2.64. The van der Waals surface area contributed by atoms with Crippen LogP contribution in [-0.2, 0) is 13.1 Å². The number of ether oxygens (including phenoxy) is 3. The molecule has 0 aromatic heterocycles. The molecule has 0 radical (unpaired) electrons. The van der Waals surface area contributed by atoms with E-state index in [1.165, 1.54) is 0 Å². The van der Waals surface area contributed by atoms with Crippen molar-refractivity contribution in [2.45, 2.75) is 20.0 Å². The number of aliphatic imine (C=N–C) groups is 1. The Labute approximate surface area is 184 Å². The Morgan fingerprint density at radius 2 is 1.55 bits per heavy atom. The van der Waals surface area contributed by atoms with Crippen LogP contribution in [0.25, 0.3) is 0 Å². The number of nitrogens with zero attached hydrogens (tertiary/aromatic N) is 2. The van der Waals surface area contributed by atoms with Crippen molar-refractivity contribution in [1.29, 1.82) is 0 Å². The van der Waals surface area contributed by atoms with Crippen LogP contribution < -0.4 is 24.8 Å². The Bertz CT molecular complexity index is 870. The number of carbonyl (C=O) groups is 1. The zero-order chi connectivity index (χ0) is 22.8. The van der Waals surface area contributed by atoms with Crippen LogP contribution >= 0.6 is 0 Å². The van der Waals surface area contributed by atoms with Crippen molar-refractivity contribution in [3.8, 4) is 17.2 Å². The van der Waals surface area contributed by atoms with Crippen molar-refractivity contribution in [3.63, 3.8) is 0 Å². The van der Waals surface area contributed by atoms with Gasteiger partial charge < -0.3 is 29.7 Å². The second-order valence-corrected chi connectivity index (χ2v) is 6.98. The molecule has 0 heterocycles. The molecule has 2 aromatic carbocycles. The van der Waals surface area contributed by atoms with Gasteiger partial charge in [-0.15, -0.1) is 0 Å². The number of amides is 1. The van der Waals surface area contributed by atoms with Gasteiger partial charge in [-0.1, -0.05) is 12.1 Å². The minimum Gasteiger partial charge on any atom is -0.493 e. The van der Waals surface area contributed by atoms with E-state index < -0.39 is 0 Å². The molecule has 0 aliphatic carbocycles. The van der Waals surface area contributed by atoms with Crippen molar-refractivity contribution in [1.82, 2.24) is 15.5 Å². The zero-order valence-corrected chi connectivity index (χ0v) is 19.1. The first kappa shape index (κ1) is 23.9. The first-order chi connectivity index (χ1) is 14.9. The number of hydrogen-bond acceptors (Lipinski definition) is 5. The van der Waals surface area contributed by atoms with Crippen molar-refractivity contribution < 1.29 is 19.0 Å². The Balaban J connectivity index is 2.09. The zero-order valence-electron chi connectivity index (χ0n) is 19.1. The van der Waals surface area contributed by atoms with Crippen molar-refractivity contribution >= 4 is 11.9 Å². The summed E-state index contributed by atoms with van der Waals surface area (Å²) in [5.74, 6) is 2.41. The number of benzene rings is 2. The maximum atomic E-state index is 12.0. The number of nitrogens with one attached hydrogen (secondary N) is 2. The fourth-order valence-corrected chi connectivity index (χ4v) is 2.95. The van der Waals surface area contributed by atoms with Crippen LogP contribution in [0, 0.1) is 0 Å². The Morgan fingerprint density at radius 3 is 2.03 bits per heavy atom. The lowest BCUT2D eigenvalue weighted by Crippen LogP contribution is -2.36. The summed E-state index contributed by atoms with van der Waals surface area (Å²) in [4.78, 5) is 18.2. The molecule has 0 saturated carbocycles. The van der Waals surface area contributed by atoms with Crippen LogP contribution in [0.4, 0.5) is 0 Å². The molecular formula is C23H32N4O4. The number of hydrogen-bond donors (Lipinski definition) is 2. The fraction of sp³-hybridized carbons (Fsp3) is 0.391. The maximum absolute atomic E-state index is 12.0. The Hall–Kier alpha value is -3.42. The van der Waals surface area contributed by atoms with Gasteiger partial charge in [-0.25, -0.2) is 4.99 Å². The second kappa shape index (κ2) is 11.7. The summed E-state index contributed by atoms with van der Waals surface area (Å²) in [6.07, 6.45) is 0. The molecule has 2 rings (SSSR count). The molecule has 0 aliphatic rings. The largest absolute Gasteiger partial charge is 0.493 e. The van der Waals surface area contributed by atoms with Gasteiger partial charge in [0.1, 0.15) is 0 Å². The molecule has 168 valence electrons. The first-order valence-electron chi connectivity index (χ1n) is 10.0. The molecule has 0 atom stereocenters. The van der Waals surface area contributed by atoms with E-state index in [1.54, 1.807) is 40.3 Å². The SMILES string of the molecule is CCNC(=NCc1cc(OC)c(OC)c(OC)c1)NCc1ccc(C(=O)N(C)C)cc1. The molecular weight excluding hydrogens is 396 g/mol. The summed E-state index contributed by atoms with van der Waals surface area (Å²) in [6.45, 7) is 3.76. The highest BCUT2D eigenvalue weighted by molar-refractivity contribution is 5.93. The Kier molecular flexibility index (Phi) is 8.99. The molecule has 0 unspecified atom stereocenters. The van der Waals surface area contributed by atoms with Crippen LogP contribution in [0.5, 0.6) is 17.2 Å². The van der Waals surface area contributed by atoms with E-state index in [-0.39, 0.29) is 5.91 Å². The van der Waals surface area contributed by atoms with Crippen LogP contribution in [-0.4, -0.2) is 58.7 Å². The van der Waals surface area contributed by atoms with E-state index in [0.29, 0.717) is 41.9 Å². The monoisotopic (exact) mass is 428 g/mol. The molecule has 1 amide bonds. The van der Waals surface area contributed by atoms with Gasteiger partial charge in [-0.2, -0.15) is 0 Å². The summed E-state index contributed by atoms with van der Waals surface area (Å²) in [5, 5.41) is 6.55. The number of carbonyl (C=O) groups excluding carboxylic acids is 1. The fourth-order valence-electron chi connectivity index (χ4n) is 2.95. The van der Waals surface area contributed by atoms with E-state index >= 15 is 0 Å². The van der Waals surface area contributed by atoms with E-state index in [2.05, 4.69) is 15.6 Å². The third kappa shape index (κ3) is 6.53. The van der Waals surface area contributed by atoms with Crippen molar-refractivity contribution in [2.75, 3.05) is 42.0 Å². The molecule has 0 spiro atoms. The van der Waals surface area contributed by atoms with E-state index in [1.807, 2.05) is 43.3 Å². The minimum absolute atomic E-state index is 0.0141. The molecule has 0 fully saturated rings. The quantitative estimate of drug-likeness (QED) is 0.472. The molecule has 0 aliphatic heterocycles. The molecule has 2 N–H and O–H groups in total. The number of guanidine groups is 1. The Morgan fingerprint density at radius 1 is 0.935 bits per heavy atom. The lowest BCUT2D eigenvalue weighted by molar-refractivity contribution is 0.0827.